The molecule has 1 aromatic heterocycles. The zero-order valence-corrected chi connectivity index (χ0v) is 11.0. The Morgan fingerprint density at radius 3 is 3.00 bits per heavy atom. The second kappa shape index (κ2) is 6.81. The minimum atomic E-state index is -0.530. The van der Waals surface area contributed by atoms with Crippen molar-refractivity contribution < 1.29 is 4.92 Å². The van der Waals surface area contributed by atoms with Crippen molar-refractivity contribution in [2.75, 3.05) is 17.3 Å². The van der Waals surface area contributed by atoms with E-state index in [-0.39, 0.29) is 23.1 Å². The number of pyridine rings is 1. The third kappa shape index (κ3) is 3.89. The van der Waals surface area contributed by atoms with Gasteiger partial charge in [0.05, 0.1) is 10.5 Å². The zero-order valence-electron chi connectivity index (χ0n) is 10.2. The van der Waals surface area contributed by atoms with Gasteiger partial charge in [-0.1, -0.05) is 0 Å². The lowest BCUT2D eigenvalue weighted by Crippen LogP contribution is -2.17. The number of rotatable bonds is 6. The SMILES string of the molecule is CSCCC(C)Nc1ncc(C#N)cc1[N+](=O)[O-]. The molecule has 0 aliphatic rings. The molecule has 1 heterocycles. The maximum Gasteiger partial charge on any atom is 0.312 e. The maximum absolute atomic E-state index is 10.9. The normalized spacial score (nSPS) is 11.6. The first-order chi connectivity index (χ1) is 8.58. The molecule has 0 aromatic carbocycles. The van der Waals surface area contributed by atoms with Gasteiger partial charge in [0, 0.05) is 18.3 Å². The van der Waals surface area contributed by atoms with Gasteiger partial charge in [0.1, 0.15) is 6.07 Å². The molecule has 1 aromatic rings. The van der Waals surface area contributed by atoms with Crippen molar-refractivity contribution in [3.05, 3.63) is 27.9 Å². The molecule has 0 radical (unpaired) electrons. The van der Waals surface area contributed by atoms with Crippen LogP contribution in [0, 0.1) is 21.4 Å². The third-order valence-electron chi connectivity index (χ3n) is 2.33. The molecule has 1 unspecified atom stereocenters. The molecular weight excluding hydrogens is 252 g/mol. The lowest BCUT2D eigenvalue weighted by molar-refractivity contribution is -0.384. The standard InChI is InChI=1S/C11H14N4O2S/c1-8(3-4-18-2)14-11-10(15(16)17)5-9(6-12)7-13-11/h5,7-8H,3-4H2,1-2H3,(H,13,14). The lowest BCUT2D eigenvalue weighted by atomic mass is 10.2. The molecule has 0 aliphatic carbocycles. The fourth-order valence-corrected chi connectivity index (χ4v) is 1.95. The Kier molecular flexibility index (Phi) is 5.39. The second-order valence-corrected chi connectivity index (χ2v) is 4.77. The Morgan fingerprint density at radius 1 is 1.72 bits per heavy atom. The third-order valence-corrected chi connectivity index (χ3v) is 2.98. The van der Waals surface area contributed by atoms with E-state index in [1.165, 1.54) is 12.3 Å². The Morgan fingerprint density at radius 2 is 2.44 bits per heavy atom. The fourth-order valence-electron chi connectivity index (χ4n) is 1.36. The van der Waals surface area contributed by atoms with Gasteiger partial charge in [0.2, 0.25) is 5.82 Å². The van der Waals surface area contributed by atoms with Crippen LogP contribution in [0.5, 0.6) is 0 Å². The van der Waals surface area contributed by atoms with Crippen molar-refractivity contribution >= 4 is 23.3 Å². The van der Waals surface area contributed by atoms with E-state index < -0.39 is 4.92 Å². The lowest BCUT2D eigenvalue weighted by Gasteiger charge is -2.13. The number of nitrogens with zero attached hydrogens (tertiary/aromatic N) is 3. The van der Waals surface area contributed by atoms with Gasteiger partial charge in [-0.2, -0.15) is 17.0 Å². The summed E-state index contributed by atoms with van der Waals surface area (Å²) in [5.74, 6) is 1.19. The van der Waals surface area contributed by atoms with Gasteiger partial charge in [-0.15, -0.1) is 0 Å². The summed E-state index contributed by atoms with van der Waals surface area (Å²) < 4.78 is 0. The van der Waals surface area contributed by atoms with Crippen molar-refractivity contribution in [2.45, 2.75) is 19.4 Å². The van der Waals surface area contributed by atoms with Crippen LogP contribution in [-0.4, -0.2) is 28.0 Å². The molecule has 0 aliphatic heterocycles. The molecule has 0 bridgehead atoms. The van der Waals surface area contributed by atoms with Gasteiger partial charge in [0.15, 0.2) is 0 Å². The highest BCUT2D eigenvalue weighted by Crippen LogP contribution is 2.23. The smallest absolute Gasteiger partial charge is 0.312 e. The Labute approximate surface area is 110 Å². The molecule has 0 amide bonds. The molecule has 6 nitrogen and oxygen atoms in total. The zero-order chi connectivity index (χ0) is 13.5. The molecular formula is C11H14N4O2S. The van der Waals surface area contributed by atoms with Crippen molar-refractivity contribution in [2.24, 2.45) is 0 Å². The predicted molar refractivity (Wildman–Crippen MR) is 71.7 cm³/mol. The minimum absolute atomic E-state index is 0.0941. The number of anilines is 1. The number of nitrogens with one attached hydrogen (secondary N) is 1. The first-order valence-corrected chi connectivity index (χ1v) is 6.78. The van der Waals surface area contributed by atoms with Crippen LogP contribution < -0.4 is 5.32 Å². The number of nitriles is 1. The van der Waals surface area contributed by atoms with E-state index in [0.29, 0.717) is 0 Å². The first kappa shape index (κ1) is 14.3. The number of thioether (sulfide) groups is 1. The van der Waals surface area contributed by atoms with Crippen molar-refractivity contribution in [1.29, 1.82) is 5.26 Å². The highest BCUT2D eigenvalue weighted by atomic mass is 32.2. The van der Waals surface area contributed by atoms with E-state index in [4.69, 9.17) is 5.26 Å². The summed E-state index contributed by atoms with van der Waals surface area (Å²) in [5.41, 5.74) is 0.0223. The number of aromatic nitrogens is 1. The average molecular weight is 266 g/mol. The van der Waals surface area contributed by atoms with Crippen LogP contribution in [0.3, 0.4) is 0 Å². The second-order valence-electron chi connectivity index (χ2n) is 3.79. The summed E-state index contributed by atoms with van der Waals surface area (Å²) >= 11 is 1.72. The Balaban J connectivity index is 2.88. The molecule has 18 heavy (non-hydrogen) atoms. The van der Waals surface area contributed by atoms with E-state index in [9.17, 15) is 10.1 Å². The fraction of sp³-hybridized carbons (Fsp3) is 0.455. The van der Waals surface area contributed by atoms with E-state index in [0.717, 1.165) is 12.2 Å². The van der Waals surface area contributed by atoms with E-state index in [1.807, 2.05) is 19.2 Å². The van der Waals surface area contributed by atoms with Crippen molar-refractivity contribution in [3.8, 4) is 6.07 Å². The van der Waals surface area contributed by atoms with Crippen molar-refractivity contribution in [3.63, 3.8) is 0 Å². The quantitative estimate of drug-likeness (QED) is 0.628. The average Bonchev–Trinajstić information content (AvgIpc) is 2.36. The largest absolute Gasteiger partial charge is 0.362 e. The molecule has 1 rings (SSSR count). The first-order valence-electron chi connectivity index (χ1n) is 5.38. The van der Waals surface area contributed by atoms with Crippen LogP contribution in [0.2, 0.25) is 0 Å². The molecule has 0 fully saturated rings. The summed E-state index contributed by atoms with van der Waals surface area (Å²) in [6, 6.07) is 3.17. The summed E-state index contributed by atoms with van der Waals surface area (Å²) in [4.78, 5) is 14.3. The minimum Gasteiger partial charge on any atom is -0.362 e. The van der Waals surface area contributed by atoms with Crippen LogP contribution in [0.1, 0.15) is 18.9 Å². The van der Waals surface area contributed by atoms with Crippen LogP contribution in [0.25, 0.3) is 0 Å². The van der Waals surface area contributed by atoms with E-state index in [1.54, 1.807) is 11.8 Å². The molecule has 0 saturated heterocycles. The monoisotopic (exact) mass is 266 g/mol. The van der Waals surface area contributed by atoms with Gasteiger partial charge in [0.25, 0.3) is 0 Å². The van der Waals surface area contributed by atoms with Gasteiger partial charge in [-0.05, 0) is 25.4 Å². The number of hydrogen-bond acceptors (Lipinski definition) is 6. The predicted octanol–water partition coefficient (Wildman–Crippen LogP) is 2.41. The van der Waals surface area contributed by atoms with Crippen LogP contribution in [0.4, 0.5) is 11.5 Å². The highest BCUT2D eigenvalue weighted by molar-refractivity contribution is 7.98. The number of nitro groups is 1. The van der Waals surface area contributed by atoms with E-state index >= 15 is 0 Å². The molecule has 96 valence electrons. The van der Waals surface area contributed by atoms with Gasteiger partial charge in [-0.3, -0.25) is 10.1 Å². The molecule has 1 atom stereocenters. The summed E-state index contributed by atoms with van der Waals surface area (Å²) in [5, 5.41) is 22.6. The van der Waals surface area contributed by atoms with Gasteiger partial charge in [-0.25, -0.2) is 4.98 Å². The van der Waals surface area contributed by atoms with Gasteiger partial charge < -0.3 is 5.32 Å². The molecule has 0 spiro atoms. The molecule has 0 saturated carbocycles. The summed E-state index contributed by atoms with van der Waals surface area (Å²) in [6.45, 7) is 1.94. The highest BCUT2D eigenvalue weighted by Gasteiger charge is 2.17. The summed E-state index contributed by atoms with van der Waals surface area (Å²) in [6.07, 6.45) is 4.23. The van der Waals surface area contributed by atoms with E-state index in [2.05, 4.69) is 10.3 Å². The van der Waals surface area contributed by atoms with Gasteiger partial charge >= 0.3 is 5.69 Å². The number of hydrogen-bond donors (Lipinski definition) is 1. The topological polar surface area (TPSA) is 91.8 Å². The van der Waals surface area contributed by atoms with Crippen LogP contribution in [0.15, 0.2) is 12.3 Å². The van der Waals surface area contributed by atoms with Crippen molar-refractivity contribution in [1.82, 2.24) is 4.98 Å². The Bertz CT molecular complexity index is 473. The Hall–Kier alpha value is -1.81. The van der Waals surface area contributed by atoms with Crippen LogP contribution in [-0.2, 0) is 0 Å². The van der Waals surface area contributed by atoms with Crippen LogP contribution >= 0.6 is 11.8 Å². The summed E-state index contributed by atoms with van der Waals surface area (Å²) in [7, 11) is 0. The molecule has 1 N–H and O–H groups in total. The molecule has 7 heteroatoms. The maximum atomic E-state index is 10.9.